The second-order valence-electron chi connectivity index (χ2n) is 9.62. The number of fused-ring (bicyclic) bond motifs is 2. The summed E-state index contributed by atoms with van der Waals surface area (Å²) in [6.07, 6.45) is 10.3. The smallest absolute Gasteiger partial charge is 0.231 e. The van der Waals surface area contributed by atoms with Crippen molar-refractivity contribution in [3.8, 4) is 34.6 Å². The lowest BCUT2D eigenvalue weighted by molar-refractivity contribution is 0.215. The largest absolute Gasteiger partial charge is 0.507 e. The van der Waals surface area contributed by atoms with Crippen molar-refractivity contribution in [3.05, 3.63) is 30.2 Å². The minimum atomic E-state index is 0.0169. The van der Waals surface area contributed by atoms with Crippen LogP contribution in [-0.4, -0.2) is 59.2 Å². The Kier molecular flexibility index (Phi) is 5.14. The lowest BCUT2D eigenvalue weighted by Crippen LogP contribution is -2.55. The Bertz CT molecular complexity index is 1230. The Morgan fingerprint density at radius 1 is 1.09 bits per heavy atom. The Labute approximate surface area is 197 Å². The quantitative estimate of drug-likeness (QED) is 0.594. The van der Waals surface area contributed by atoms with Gasteiger partial charge in [0.2, 0.25) is 5.82 Å². The van der Waals surface area contributed by atoms with Gasteiger partial charge in [-0.15, -0.1) is 10.2 Å². The van der Waals surface area contributed by atoms with E-state index in [0.717, 1.165) is 18.7 Å². The van der Waals surface area contributed by atoms with Gasteiger partial charge in [0.25, 0.3) is 0 Å². The highest BCUT2D eigenvalue weighted by atomic mass is 16.3. The molecule has 10 heteroatoms. The van der Waals surface area contributed by atoms with Gasteiger partial charge >= 0.3 is 0 Å². The molecule has 1 aliphatic carbocycles. The van der Waals surface area contributed by atoms with E-state index in [9.17, 15) is 5.11 Å². The molecule has 0 radical (unpaired) electrons. The standard InChI is InChI=1S/C24H27N9O/c1-32-21(12-25)28-23(31-32)14-5-8-19(20(34)9-14)24-26-13-22(29-30-24)33(17-6-7-17)18-10-15-3-2-4-16(11-18)27-15/h5,8-9,13,15-18,27,34H,2-4,6-7,10-11H2,1H3/t15-,16+,18?. The second kappa shape index (κ2) is 8.33. The minimum absolute atomic E-state index is 0.0169. The molecule has 4 heterocycles. The third-order valence-electron chi connectivity index (χ3n) is 7.20. The molecule has 3 aromatic rings. The zero-order chi connectivity index (χ0) is 23.2. The first-order chi connectivity index (χ1) is 16.6. The molecule has 34 heavy (non-hydrogen) atoms. The number of phenolic OH excluding ortho intramolecular Hbond substituents is 1. The number of phenols is 1. The number of anilines is 1. The number of nitrogens with zero attached hydrogens (tertiary/aromatic N) is 8. The van der Waals surface area contributed by atoms with Crippen LogP contribution in [0, 0.1) is 11.3 Å². The van der Waals surface area contributed by atoms with E-state index >= 15 is 0 Å². The van der Waals surface area contributed by atoms with Gasteiger partial charge in [-0.1, -0.05) is 12.5 Å². The molecule has 3 aliphatic rings. The molecule has 1 aromatic carbocycles. The van der Waals surface area contributed by atoms with Gasteiger partial charge in [0.05, 0.1) is 11.8 Å². The average Bonchev–Trinajstić information content (AvgIpc) is 3.60. The molecule has 1 saturated carbocycles. The number of aryl methyl sites for hydroxylation is 1. The zero-order valence-corrected chi connectivity index (χ0v) is 19.1. The second-order valence-corrected chi connectivity index (χ2v) is 9.62. The maximum Gasteiger partial charge on any atom is 0.231 e. The summed E-state index contributed by atoms with van der Waals surface area (Å²) in [6, 6.07) is 9.28. The predicted octanol–water partition coefficient (Wildman–Crippen LogP) is 2.55. The SMILES string of the molecule is Cn1nc(-c2ccc(-c3ncc(N(C4CC4)C4C[C@H]5CCC[C@@H](C4)N5)nn3)c(O)c2)nc1C#N. The van der Waals surface area contributed by atoms with E-state index < -0.39 is 0 Å². The van der Waals surface area contributed by atoms with Gasteiger partial charge in [-0.3, -0.25) is 0 Å². The van der Waals surface area contributed by atoms with Gasteiger partial charge in [0.1, 0.15) is 11.8 Å². The molecule has 0 spiro atoms. The molecule has 0 amide bonds. The van der Waals surface area contributed by atoms with Crippen LogP contribution in [0.5, 0.6) is 5.75 Å². The van der Waals surface area contributed by atoms with Crippen LogP contribution in [0.1, 0.15) is 50.8 Å². The average molecular weight is 458 g/mol. The summed E-state index contributed by atoms with van der Waals surface area (Å²) in [5.74, 6) is 1.80. The number of aromatic hydroxyl groups is 1. The number of piperidine rings is 2. The van der Waals surface area contributed by atoms with E-state index in [1.54, 1.807) is 31.4 Å². The molecular formula is C24H27N9O. The molecular weight excluding hydrogens is 430 g/mol. The first kappa shape index (κ1) is 21.0. The topological polar surface area (TPSA) is 129 Å². The van der Waals surface area contributed by atoms with Crippen molar-refractivity contribution in [1.29, 1.82) is 5.26 Å². The Morgan fingerprint density at radius 3 is 2.50 bits per heavy atom. The van der Waals surface area contributed by atoms with Crippen molar-refractivity contribution >= 4 is 5.82 Å². The number of nitriles is 1. The number of hydrogen-bond acceptors (Lipinski definition) is 9. The summed E-state index contributed by atoms with van der Waals surface area (Å²) < 4.78 is 1.41. The molecule has 2 N–H and O–H groups in total. The van der Waals surface area contributed by atoms with Crippen molar-refractivity contribution in [1.82, 2.24) is 35.3 Å². The minimum Gasteiger partial charge on any atom is -0.507 e. The van der Waals surface area contributed by atoms with Crippen LogP contribution >= 0.6 is 0 Å². The zero-order valence-electron chi connectivity index (χ0n) is 19.1. The molecule has 2 aromatic heterocycles. The van der Waals surface area contributed by atoms with E-state index in [1.165, 1.54) is 36.8 Å². The van der Waals surface area contributed by atoms with Crippen LogP contribution in [0.4, 0.5) is 5.82 Å². The van der Waals surface area contributed by atoms with Crippen molar-refractivity contribution in [2.24, 2.45) is 7.05 Å². The van der Waals surface area contributed by atoms with E-state index in [2.05, 4.69) is 35.5 Å². The normalized spacial score (nSPS) is 23.9. The van der Waals surface area contributed by atoms with Crippen LogP contribution in [0.2, 0.25) is 0 Å². The molecule has 3 atom stereocenters. The van der Waals surface area contributed by atoms with Crippen molar-refractivity contribution in [3.63, 3.8) is 0 Å². The summed E-state index contributed by atoms with van der Waals surface area (Å²) in [6.45, 7) is 0. The summed E-state index contributed by atoms with van der Waals surface area (Å²) in [7, 11) is 1.66. The summed E-state index contributed by atoms with van der Waals surface area (Å²) in [5, 5.41) is 36.7. The van der Waals surface area contributed by atoms with Crippen molar-refractivity contribution < 1.29 is 5.11 Å². The highest BCUT2D eigenvalue weighted by Crippen LogP contribution is 2.38. The summed E-state index contributed by atoms with van der Waals surface area (Å²) >= 11 is 0. The number of benzene rings is 1. The van der Waals surface area contributed by atoms with Gasteiger partial charge < -0.3 is 15.3 Å². The summed E-state index contributed by atoms with van der Waals surface area (Å²) in [4.78, 5) is 11.2. The summed E-state index contributed by atoms with van der Waals surface area (Å²) in [5.41, 5.74) is 1.10. The molecule has 2 aliphatic heterocycles. The van der Waals surface area contributed by atoms with Gasteiger partial charge in [-0.25, -0.2) is 9.67 Å². The van der Waals surface area contributed by atoms with Gasteiger partial charge in [-0.2, -0.15) is 15.3 Å². The number of hydrogen-bond donors (Lipinski definition) is 2. The third kappa shape index (κ3) is 3.86. The predicted molar refractivity (Wildman–Crippen MR) is 125 cm³/mol. The molecule has 2 bridgehead atoms. The van der Waals surface area contributed by atoms with Crippen molar-refractivity contribution in [2.45, 2.75) is 69.1 Å². The molecule has 6 rings (SSSR count). The number of nitrogens with one attached hydrogen (secondary N) is 1. The van der Waals surface area contributed by atoms with E-state index in [4.69, 9.17) is 5.26 Å². The lowest BCUT2D eigenvalue weighted by atomic mass is 9.83. The Balaban J connectivity index is 1.24. The number of rotatable bonds is 5. The molecule has 3 fully saturated rings. The van der Waals surface area contributed by atoms with Crippen LogP contribution in [-0.2, 0) is 7.05 Å². The van der Waals surface area contributed by atoms with Crippen molar-refractivity contribution in [2.75, 3.05) is 4.90 Å². The fraction of sp³-hybridized carbons (Fsp3) is 0.500. The van der Waals surface area contributed by atoms with Crippen LogP contribution in [0.3, 0.4) is 0 Å². The Hall–Kier alpha value is -3.58. The molecule has 174 valence electrons. The highest BCUT2D eigenvalue weighted by molar-refractivity contribution is 5.70. The fourth-order valence-corrected chi connectivity index (χ4v) is 5.46. The third-order valence-corrected chi connectivity index (χ3v) is 7.20. The number of aromatic nitrogens is 6. The molecule has 10 nitrogen and oxygen atoms in total. The van der Waals surface area contributed by atoms with E-state index in [0.29, 0.717) is 46.9 Å². The maximum atomic E-state index is 10.7. The van der Waals surface area contributed by atoms with Gasteiger partial charge in [-0.05, 0) is 50.7 Å². The van der Waals surface area contributed by atoms with Crippen LogP contribution < -0.4 is 10.2 Å². The Morgan fingerprint density at radius 2 is 1.88 bits per heavy atom. The fourth-order valence-electron chi connectivity index (χ4n) is 5.46. The van der Waals surface area contributed by atoms with E-state index in [-0.39, 0.29) is 11.6 Å². The van der Waals surface area contributed by atoms with Gasteiger partial charge in [0, 0.05) is 36.8 Å². The van der Waals surface area contributed by atoms with Gasteiger partial charge in [0.15, 0.2) is 17.5 Å². The lowest BCUT2D eigenvalue weighted by Gasteiger charge is -2.45. The van der Waals surface area contributed by atoms with E-state index in [1.807, 2.05) is 6.07 Å². The molecule has 2 saturated heterocycles. The first-order valence-electron chi connectivity index (χ1n) is 12.0. The van der Waals surface area contributed by atoms with Crippen LogP contribution in [0.25, 0.3) is 22.8 Å². The highest BCUT2D eigenvalue weighted by Gasteiger charge is 2.40. The van der Waals surface area contributed by atoms with Crippen LogP contribution in [0.15, 0.2) is 24.4 Å². The molecule has 1 unspecified atom stereocenters. The first-order valence-corrected chi connectivity index (χ1v) is 12.0. The monoisotopic (exact) mass is 457 g/mol. The maximum absolute atomic E-state index is 10.7.